The van der Waals surface area contributed by atoms with Crippen molar-refractivity contribution in [3.63, 3.8) is 0 Å². The van der Waals surface area contributed by atoms with Gasteiger partial charge in [-0.15, -0.1) is 24.0 Å². The van der Waals surface area contributed by atoms with E-state index in [4.69, 9.17) is 9.15 Å². The van der Waals surface area contributed by atoms with E-state index >= 15 is 0 Å². The Morgan fingerprint density at radius 2 is 1.93 bits per heavy atom. The monoisotopic (exact) mass is 493 g/mol. The van der Waals surface area contributed by atoms with Crippen LogP contribution in [-0.2, 0) is 17.8 Å². The van der Waals surface area contributed by atoms with E-state index in [-0.39, 0.29) is 36.0 Å². The van der Waals surface area contributed by atoms with E-state index in [1.54, 1.807) is 6.26 Å². The summed E-state index contributed by atoms with van der Waals surface area (Å²) in [6, 6.07) is 7.58. The average Bonchev–Trinajstić information content (AvgIpc) is 3.13. The number of nitrogens with zero attached hydrogens (tertiary/aromatic N) is 1. The third-order valence-electron chi connectivity index (χ3n) is 3.61. The minimum absolute atomic E-state index is 0. The van der Waals surface area contributed by atoms with Crippen LogP contribution >= 0.6 is 24.0 Å². The number of nitrogens with one attached hydrogen (secondary N) is 2. The molecule has 0 radical (unpaired) electrons. The molecule has 0 bridgehead atoms. The van der Waals surface area contributed by atoms with E-state index in [2.05, 4.69) is 15.6 Å². The Hall–Kier alpha value is -1.68. The van der Waals surface area contributed by atoms with Crippen LogP contribution in [0.2, 0.25) is 0 Å². The van der Waals surface area contributed by atoms with Crippen molar-refractivity contribution in [2.24, 2.45) is 4.99 Å². The summed E-state index contributed by atoms with van der Waals surface area (Å²) >= 11 is 0. The molecule has 1 aromatic heterocycles. The van der Waals surface area contributed by atoms with Gasteiger partial charge in [0.05, 0.1) is 6.26 Å². The lowest BCUT2D eigenvalue weighted by Gasteiger charge is -2.12. The van der Waals surface area contributed by atoms with E-state index < -0.39 is 11.6 Å². The van der Waals surface area contributed by atoms with E-state index in [1.807, 2.05) is 19.1 Å². The number of halogens is 3. The maximum Gasteiger partial charge on any atom is 0.191 e. The van der Waals surface area contributed by atoms with Crippen molar-refractivity contribution in [3.8, 4) is 0 Å². The van der Waals surface area contributed by atoms with Crippen LogP contribution in [0.5, 0.6) is 0 Å². The topological polar surface area (TPSA) is 58.8 Å². The molecule has 0 aliphatic carbocycles. The summed E-state index contributed by atoms with van der Waals surface area (Å²) in [5, 5.41) is 6.19. The molecular formula is C19H26F2IN3O2. The molecule has 0 saturated carbocycles. The molecule has 27 heavy (non-hydrogen) atoms. The van der Waals surface area contributed by atoms with Crippen LogP contribution in [0.4, 0.5) is 8.78 Å². The molecule has 1 heterocycles. The Labute approximate surface area is 175 Å². The Bertz CT molecular complexity index is 661. The Morgan fingerprint density at radius 1 is 1.15 bits per heavy atom. The second-order valence-corrected chi connectivity index (χ2v) is 5.62. The zero-order valence-corrected chi connectivity index (χ0v) is 17.7. The van der Waals surface area contributed by atoms with Crippen LogP contribution in [0.25, 0.3) is 0 Å². The first kappa shape index (κ1) is 23.4. The summed E-state index contributed by atoms with van der Waals surface area (Å²) in [7, 11) is 0. The number of ether oxygens (including phenoxy) is 1. The highest BCUT2D eigenvalue weighted by Gasteiger charge is 2.08. The SMILES string of the molecule is CCNC(=NCCCOCc1ccco1)NCCc1c(F)cccc1F.I. The minimum atomic E-state index is -0.526. The number of benzene rings is 1. The molecule has 0 saturated heterocycles. The van der Waals surface area contributed by atoms with Crippen molar-refractivity contribution < 1.29 is 17.9 Å². The van der Waals surface area contributed by atoms with Crippen molar-refractivity contribution in [1.29, 1.82) is 0 Å². The van der Waals surface area contributed by atoms with Crippen molar-refractivity contribution in [2.75, 3.05) is 26.2 Å². The van der Waals surface area contributed by atoms with Crippen LogP contribution < -0.4 is 10.6 Å². The number of hydrogen-bond acceptors (Lipinski definition) is 3. The van der Waals surface area contributed by atoms with Gasteiger partial charge in [0, 0.05) is 31.8 Å². The number of rotatable bonds is 10. The van der Waals surface area contributed by atoms with Crippen molar-refractivity contribution in [3.05, 3.63) is 59.6 Å². The zero-order chi connectivity index (χ0) is 18.6. The Morgan fingerprint density at radius 3 is 2.59 bits per heavy atom. The highest BCUT2D eigenvalue weighted by Crippen LogP contribution is 2.11. The first-order valence-electron chi connectivity index (χ1n) is 8.76. The second kappa shape index (κ2) is 13.5. The van der Waals surface area contributed by atoms with Crippen LogP contribution in [0.15, 0.2) is 46.0 Å². The van der Waals surface area contributed by atoms with Gasteiger partial charge < -0.3 is 19.8 Å². The number of guanidine groups is 1. The molecule has 0 amide bonds. The van der Waals surface area contributed by atoms with Gasteiger partial charge in [0.15, 0.2) is 5.96 Å². The fourth-order valence-corrected chi connectivity index (χ4v) is 2.34. The fraction of sp³-hybridized carbons (Fsp3) is 0.421. The largest absolute Gasteiger partial charge is 0.467 e. The standard InChI is InChI=1S/C19H25F2N3O2.HI/c1-2-22-19(23-10-5-12-25-14-15-6-4-13-26-15)24-11-9-16-17(20)7-3-8-18(16)21;/h3-4,6-8,13H,2,5,9-12,14H2,1H3,(H2,22,23,24);1H. The quantitative estimate of drug-likeness (QED) is 0.228. The molecule has 2 N–H and O–H groups in total. The summed E-state index contributed by atoms with van der Waals surface area (Å²) in [4.78, 5) is 4.43. The van der Waals surface area contributed by atoms with E-state index in [9.17, 15) is 8.78 Å². The van der Waals surface area contributed by atoms with Crippen molar-refractivity contribution >= 4 is 29.9 Å². The molecule has 0 aliphatic heterocycles. The summed E-state index contributed by atoms with van der Waals surface area (Å²) < 4.78 is 37.9. The molecule has 0 spiro atoms. The van der Waals surface area contributed by atoms with Gasteiger partial charge in [-0.3, -0.25) is 4.99 Å². The molecule has 5 nitrogen and oxygen atoms in total. The zero-order valence-electron chi connectivity index (χ0n) is 15.3. The highest BCUT2D eigenvalue weighted by atomic mass is 127. The smallest absolute Gasteiger partial charge is 0.191 e. The molecule has 2 aromatic rings. The summed E-state index contributed by atoms with van der Waals surface area (Å²) in [6.45, 7) is 4.66. The van der Waals surface area contributed by atoms with Gasteiger partial charge in [-0.05, 0) is 44.0 Å². The number of aliphatic imine (C=N–C) groups is 1. The van der Waals surface area contributed by atoms with Crippen LogP contribution in [-0.4, -0.2) is 32.2 Å². The second-order valence-electron chi connectivity index (χ2n) is 5.62. The summed E-state index contributed by atoms with van der Waals surface area (Å²) in [6.07, 6.45) is 2.62. The van der Waals surface area contributed by atoms with Crippen LogP contribution in [0.1, 0.15) is 24.7 Å². The third kappa shape index (κ3) is 8.70. The minimum Gasteiger partial charge on any atom is -0.467 e. The Balaban J connectivity index is 0.00000364. The normalized spacial score (nSPS) is 11.1. The van der Waals surface area contributed by atoms with Crippen molar-refractivity contribution in [2.45, 2.75) is 26.4 Å². The molecule has 150 valence electrons. The fourth-order valence-electron chi connectivity index (χ4n) is 2.34. The van der Waals surface area contributed by atoms with Gasteiger partial charge in [0.1, 0.15) is 24.0 Å². The lowest BCUT2D eigenvalue weighted by atomic mass is 10.1. The predicted molar refractivity (Wildman–Crippen MR) is 112 cm³/mol. The maximum atomic E-state index is 13.6. The van der Waals surface area contributed by atoms with Crippen LogP contribution in [0, 0.1) is 11.6 Å². The van der Waals surface area contributed by atoms with E-state index in [1.165, 1.54) is 18.2 Å². The Kier molecular flexibility index (Phi) is 11.7. The first-order valence-corrected chi connectivity index (χ1v) is 8.76. The average molecular weight is 493 g/mol. The van der Waals surface area contributed by atoms with Crippen molar-refractivity contribution in [1.82, 2.24) is 10.6 Å². The molecule has 2 rings (SSSR count). The predicted octanol–water partition coefficient (Wildman–Crippen LogP) is 3.88. The summed E-state index contributed by atoms with van der Waals surface area (Å²) in [5.41, 5.74) is 0.0853. The number of hydrogen-bond donors (Lipinski definition) is 2. The van der Waals surface area contributed by atoms with Crippen LogP contribution in [0.3, 0.4) is 0 Å². The lowest BCUT2D eigenvalue weighted by molar-refractivity contribution is 0.105. The molecule has 1 aromatic carbocycles. The van der Waals surface area contributed by atoms with Gasteiger partial charge >= 0.3 is 0 Å². The molecule has 0 atom stereocenters. The molecular weight excluding hydrogens is 467 g/mol. The van der Waals surface area contributed by atoms with E-state index in [0.717, 1.165) is 12.2 Å². The highest BCUT2D eigenvalue weighted by molar-refractivity contribution is 14.0. The molecule has 0 fully saturated rings. The van der Waals surface area contributed by atoms with Gasteiger partial charge in [0.2, 0.25) is 0 Å². The molecule has 8 heteroatoms. The first-order chi connectivity index (χ1) is 12.7. The van der Waals surface area contributed by atoms with Gasteiger partial charge in [-0.1, -0.05) is 6.07 Å². The van der Waals surface area contributed by atoms with Gasteiger partial charge in [0.25, 0.3) is 0 Å². The van der Waals surface area contributed by atoms with Gasteiger partial charge in [-0.2, -0.15) is 0 Å². The molecule has 0 unspecified atom stereocenters. The number of furan rings is 1. The van der Waals surface area contributed by atoms with E-state index in [0.29, 0.717) is 38.8 Å². The third-order valence-corrected chi connectivity index (χ3v) is 3.61. The van der Waals surface area contributed by atoms with Gasteiger partial charge in [-0.25, -0.2) is 8.78 Å². The lowest BCUT2D eigenvalue weighted by Crippen LogP contribution is -2.38. The summed E-state index contributed by atoms with van der Waals surface area (Å²) in [5.74, 6) is 0.365. The maximum absolute atomic E-state index is 13.6. The molecule has 0 aliphatic rings.